The van der Waals surface area contributed by atoms with Crippen molar-refractivity contribution < 1.29 is 42.7 Å². The minimum Gasteiger partial charge on any atom is -0.493 e. The van der Waals surface area contributed by atoms with E-state index in [0.717, 1.165) is 71.4 Å². The molecule has 3 aliphatic heterocycles. The first-order valence-electron chi connectivity index (χ1n) is 25.3. The molecule has 72 heavy (non-hydrogen) atoms. The summed E-state index contributed by atoms with van der Waals surface area (Å²) >= 11 is 0. The van der Waals surface area contributed by atoms with Gasteiger partial charge in [-0.15, -0.1) is 0 Å². The Balaban J connectivity index is 0.975. The molecule has 15 heteroatoms. The van der Waals surface area contributed by atoms with E-state index >= 15 is 0 Å². The fraction of sp³-hybridized carbons (Fsp3) is 0.421. The zero-order valence-corrected chi connectivity index (χ0v) is 42.1. The number of aliphatic imine (C=N–C) groups is 1. The number of anilines is 4. The average molecular weight is 981 g/mol. The average Bonchev–Trinajstić information content (AvgIpc) is 3.93. The third-order valence-electron chi connectivity index (χ3n) is 14.0. The summed E-state index contributed by atoms with van der Waals surface area (Å²) in [4.78, 5) is 38.6. The highest BCUT2D eigenvalue weighted by molar-refractivity contribution is 6.11. The lowest BCUT2D eigenvalue weighted by atomic mass is 9.93. The van der Waals surface area contributed by atoms with Crippen LogP contribution in [0.4, 0.5) is 28.4 Å². The van der Waals surface area contributed by atoms with Gasteiger partial charge in [0, 0.05) is 93.8 Å². The molecule has 1 atom stereocenters. The van der Waals surface area contributed by atoms with Gasteiger partial charge in [0.2, 0.25) is 5.91 Å². The van der Waals surface area contributed by atoms with Gasteiger partial charge >= 0.3 is 0 Å². The monoisotopic (exact) mass is 981 g/mol. The number of ether oxygens (including phenoxy) is 7. The van der Waals surface area contributed by atoms with E-state index in [-0.39, 0.29) is 37.1 Å². The van der Waals surface area contributed by atoms with Crippen molar-refractivity contribution in [1.29, 1.82) is 0 Å². The van der Waals surface area contributed by atoms with Gasteiger partial charge in [0.15, 0.2) is 23.0 Å². The molecule has 0 bridgehead atoms. The summed E-state index contributed by atoms with van der Waals surface area (Å²) in [6, 6.07) is 31.0. The molecule has 2 N–H and O–H groups in total. The van der Waals surface area contributed by atoms with Crippen LogP contribution in [0.25, 0.3) is 0 Å². The van der Waals surface area contributed by atoms with Crippen molar-refractivity contribution >= 4 is 46.5 Å². The molecule has 15 nitrogen and oxygen atoms in total. The third kappa shape index (κ3) is 11.9. The van der Waals surface area contributed by atoms with E-state index in [4.69, 9.17) is 38.2 Å². The summed E-state index contributed by atoms with van der Waals surface area (Å²) < 4.78 is 42.0. The highest BCUT2D eigenvalue weighted by Crippen LogP contribution is 2.42. The normalized spacial score (nSPS) is 15.4. The van der Waals surface area contributed by atoms with Gasteiger partial charge in [0.25, 0.3) is 5.91 Å². The van der Waals surface area contributed by atoms with Crippen molar-refractivity contribution in [2.75, 3.05) is 101 Å². The Hall–Kier alpha value is -6.81. The highest BCUT2D eigenvalue weighted by Gasteiger charge is 2.31. The maximum Gasteiger partial charge on any atom is 0.260 e. The number of carbonyl (C=O) groups is 2. The van der Waals surface area contributed by atoms with Gasteiger partial charge in [-0.1, -0.05) is 36.4 Å². The van der Waals surface area contributed by atoms with Crippen molar-refractivity contribution in [1.82, 2.24) is 5.32 Å². The fourth-order valence-electron chi connectivity index (χ4n) is 9.89. The molecule has 0 spiro atoms. The Bertz CT molecular complexity index is 2710. The molecule has 1 saturated carbocycles. The third-order valence-corrected chi connectivity index (χ3v) is 14.0. The lowest BCUT2D eigenvalue weighted by Crippen LogP contribution is -2.39. The van der Waals surface area contributed by atoms with Crippen LogP contribution in [-0.4, -0.2) is 111 Å². The molecule has 1 aliphatic carbocycles. The zero-order valence-electron chi connectivity index (χ0n) is 42.1. The number of methoxy groups -OCH3 is 3. The van der Waals surface area contributed by atoms with E-state index in [1.54, 1.807) is 34.4 Å². The zero-order chi connectivity index (χ0) is 49.8. The molecule has 1 fully saturated rings. The van der Waals surface area contributed by atoms with Crippen molar-refractivity contribution in [3.05, 3.63) is 124 Å². The molecule has 4 aliphatic rings. The molecular formula is C57H68N6O9. The topological polar surface area (TPSA) is 145 Å². The van der Waals surface area contributed by atoms with Gasteiger partial charge in [0.1, 0.15) is 13.2 Å². The smallest absolute Gasteiger partial charge is 0.260 e. The van der Waals surface area contributed by atoms with Crippen molar-refractivity contribution in [3.63, 3.8) is 0 Å². The second-order valence-corrected chi connectivity index (χ2v) is 18.7. The van der Waals surface area contributed by atoms with Crippen LogP contribution in [0.15, 0.2) is 96.0 Å². The molecule has 5 aromatic carbocycles. The largest absolute Gasteiger partial charge is 0.493 e. The van der Waals surface area contributed by atoms with Crippen LogP contribution >= 0.6 is 0 Å². The van der Waals surface area contributed by atoms with Crippen LogP contribution in [0.1, 0.15) is 70.3 Å². The second-order valence-electron chi connectivity index (χ2n) is 18.7. The minimum atomic E-state index is -0.112. The molecule has 3 heterocycles. The fourth-order valence-corrected chi connectivity index (χ4v) is 9.89. The van der Waals surface area contributed by atoms with E-state index < -0.39 is 0 Å². The molecular weight excluding hydrogens is 913 g/mol. The van der Waals surface area contributed by atoms with Gasteiger partial charge in [-0.2, -0.15) is 0 Å². The number of hydrogen-bond acceptors (Lipinski definition) is 13. The Labute approximate surface area is 423 Å². The number of benzene rings is 5. The van der Waals surface area contributed by atoms with Gasteiger partial charge in [-0.3, -0.25) is 14.6 Å². The van der Waals surface area contributed by atoms with Gasteiger partial charge in [-0.25, -0.2) is 0 Å². The summed E-state index contributed by atoms with van der Waals surface area (Å²) in [6.45, 7) is 5.28. The number of carbonyl (C=O) groups excluding carboxylic acids is 2. The Morgan fingerprint density at radius 2 is 1.43 bits per heavy atom. The summed E-state index contributed by atoms with van der Waals surface area (Å²) in [5.41, 5.74) is 10.4. The Kier molecular flexibility index (Phi) is 16.8. The van der Waals surface area contributed by atoms with Crippen molar-refractivity contribution in [2.45, 2.75) is 76.8 Å². The van der Waals surface area contributed by atoms with Gasteiger partial charge in [0.05, 0.1) is 70.2 Å². The van der Waals surface area contributed by atoms with E-state index in [0.29, 0.717) is 106 Å². The number of hydrogen-bond donors (Lipinski definition) is 2. The maximum atomic E-state index is 14.1. The molecule has 9 rings (SSSR count). The van der Waals surface area contributed by atoms with E-state index in [9.17, 15) is 9.59 Å². The predicted molar refractivity (Wildman–Crippen MR) is 281 cm³/mol. The van der Waals surface area contributed by atoms with Crippen LogP contribution < -0.4 is 44.3 Å². The number of para-hydroxylation sites is 2. The summed E-state index contributed by atoms with van der Waals surface area (Å²) in [6.07, 6.45) is 8.08. The molecule has 5 aromatic rings. The van der Waals surface area contributed by atoms with E-state index in [1.807, 2.05) is 47.5 Å². The maximum absolute atomic E-state index is 14.1. The second kappa shape index (κ2) is 24.1. The quantitative estimate of drug-likeness (QED) is 0.0540. The van der Waals surface area contributed by atoms with Crippen LogP contribution in [0.5, 0.6) is 23.0 Å². The molecule has 380 valence electrons. The summed E-state index contributed by atoms with van der Waals surface area (Å²) in [5.74, 6) is 2.11. The molecule has 2 amide bonds. The lowest BCUT2D eigenvalue weighted by molar-refractivity contribution is -0.122. The number of amides is 2. The van der Waals surface area contributed by atoms with Crippen molar-refractivity contribution in [3.8, 4) is 23.0 Å². The first kappa shape index (κ1) is 50.1. The number of nitrogens with zero attached hydrogens (tertiary/aromatic N) is 4. The van der Waals surface area contributed by atoms with E-state index in [1.165, 1.54) is 11.3 Å². The summed E-state index contributed by atoms with van der Waals surface area (Å²) in [7, 11) is 6.70. The Morgan fingerprint density at radius 1 is 0.736 bits per heavy atom. The Morgan fingerprint density at radius 3 is 2.15 bits per heavy atom. The van der Waals surface area contributed by atoms with Crippen LogP contribution in [0.3, 0.4) is 0 Å². The minimum absolute atomic E-state index is 0.0810. The predicted octanol–water partition coefficient (Wildman–Crippen LogP) is 8.69. The van der Waals surface area contributed by atoms with Crippen LogP contribution in [0.2, 0.25) is 0 Å². The van der Waals surface area contributed by atoms with Crippen LogP contribution in [-0.2, 0) is 51.6 Å². The number of fused-ring (bicyclic) bond motifs is 5. The number of nitrogens with one attached hydrogen (secondary N) is 2. The molecule has 0 saturated heterocycles. The molecule has 0 radical (unpaired) electrons. The first-order valence-corrected chi connectivity index (χ1v) is 25.3. The standard InChI is InChI=1S/C57H68N6O9/c1-58-49-34-55(53(68-4)32-47(49)57(65)62-20-18-41-11-5-7-15-50(41)62)72-38-40-27-39(28-45(29-40)61(21-22-69-25-26-70-24-23-66-2)19-10-17-56(64)60-44-13-9-14-44)37-71-54-33-48-43(31-52(54)67-3)36-63-46(35-59-48)30-42-12-6-8-16-51(42)63/h5-8,11-12,15-16,27-29,31-35,44,46,58H,9-10,13-14,17-26,30,36-38H2,1-4H3,(H,60,64). The van der Waals surface area contributed by atoms with Crippen molar-refractivity contribution in [2.24, 2.45) is 4.99 Å². The number of rotatable bonds is 25. The SMILES string of the molecule is CNc1cc(OCc2cc(COc3cc4c(cc3OC)CN3c5ccccc5CC3C=N4)cc(N(CCCC(=O)NC3CCC3)CCOCCOCCOC)c2)c(OC)cc1C(=O)N1CCc2ccccc21. The lowest BCUT2D eigenvalue weighted by Gasteiger charge is -2.28. The van der Waals surface area contributed by atoms with E-state index in [2.05, 4.69) is 69.0 Å². The summed E-state index contributed by atoms with van der Waals surface area (Å²) in [5, 5.41) is 6.42. The van der Waals surface area contributed by atoms with Crippen LogP contribution in [0, 0.1) is 0 Å². The first-order chi connectivity index (χ1) is 35.3. The molecule has 1 unspecified atom stereocenters. The van der Waals surface area contributed by atoms with Gasteiger partial charge in [-0.05, 0) is 103 Å². The molecule has 0 aromatic heterocycles. The van der Waals surface area contributed by atoms with Gasteiger partial charge < -0.3 is 58.5 Å². The highest BCUT2D eigenvalue weighted by atomic mass is 16.5.